The first-order valence-corrected chi connectivity index (χ1v) is 8.07. The Bertz CT molecular complexity index is 510. The molecule has 0 spiro atoms. The molecule has 6 heteroatoms. The summed E-state index contributed by atoms with van der Waals surface area (Å²) in [6, 6.07) is 8.21. The molecule has 1 aromatic rings. The van der Waals surface area contributed by atoms with Crippen LogP contribution in [0.4, 0.5) is 0 Å². The second-order valence-electron chi connectivity index (χ2n) is 5.61. The fraction of sp³-hybridized carbons (Fsp3) is 0.529. The van der Waals surface area contributed by atoms with Gasteiger partial charge in [-0.3, -0.25) is 9.79 Å². The Kier molecular flexibility index (Phi) is 8.98. The van der Waals surface area contributed by atoms with Crippen LogP contribution >= 0.6 is 24.0 Å². The molecule has 0 bridgehead atoms. The monoisotopic (exact) mass is 430 g/mol. The largest absolute Gasteiger partial charge is 0.354 e. The molecule has 1 aliphatic rings. The molecule has 1 saturated carbocycles. The normalized spacial score (nSPS) is 15.0. The van der Waals surface area contributed by atoms with Gasteiger partial charge in [0, 0.05) is 31.7 Å². The van der Waals surface area contributed by atoms with Gasteiger partial charge in [-0.1, -0.05) is 25.0 Å². The van der Waals surface area contributed by atoms with Gasteiger partial charge in [-0.15, -0.1) is 24.0 Å². The summed E-state index contributed by atoms with van der Waals surface area (Å²) >= 11 is 0. The van der Waals surface area contributed by atoms with Gasteiger partial charge in [-0.05, 0) is 37.5 Å². The molecule has 0 aromatic heterocycles. The minimum absolute atomic E-state index is 0. The van der Waals surface area contributed by atoms with Crippen molar-refractivity contribution < 1.29 is 4.79 Å². The number of benzene rings is 1. The molecule has 1 amide bonds. The first kappa shape index (κ1) is 19.7. The van der Waals surface area contributed by atoms with Crippen LogP contribution in [0, 0.1) is 0 Å². The summed E-state index contributed by atoms with van der Waals surface area (Å²) in [6.45, 7) is 3.26. The lowest BCUT2D eigenvalue weighted by molar-refractivity contribution is 0.0956. The highest BCUT2D eigenvalue weighted by molar-refractivity contribution is 14.0. The van der Waals surface area contributed by atoms with Gasteiger partial charge >= 0.3 is 0 Å². The average Bonchev–Trinajstić information content (AvgIpc) is 3.05. The molecule has 5 nitrogen and oxygen atoms in total. The van der Waals surface area contributed by atoms with E-state index < -0.39 is 0 Å². The third-order valence-corrected chi connectivity index (χ3v) is 3.93. The Morgan fingerprint density at radius 3 is 2.39 bits per heavy atom. The predicted octanol–water partition coefficient (Wildman–Crippen LogP) is 2.66. The molecule has 1 fully saturated rings. The summed E-state index contributed by atoms with van der Waals surface area (Å²) in [5.74, 6) is 0.820. The van der Waals surface area contributed by atoms with Crippen LogP contribution in [0.5, 0.6) is 0 Å². The van der Waals surface area contributed by atoms with Gasteiger partial charge in [0.05, 0.1) is 0 Å². The fourth-order valence-electron chi connectivity index (χ4n) is 2.68. The number of hydrogen-bond donors (Lipinski definition) is 3. The van der Waals surface area contributed by atoms with Crippen molar-refractivity contribution in [2.75, 3.05) is 13.6 Å². The maximum Gasteiger partial charge on any atom is 0.251 e. The summed E-state index contributed by atoms with van der Waals surface area (Å²) in [4.78, 5) is 16.0. The number of carbonyl (C=O) groups excluding carboxylic acids is 1. The number of nitrogens with zero attached hydrogens (tertiary/aromatic N) is 1. The maximum atomic E-state index is 11.7. The Morgan fingerprint density at radius 1 is 1.17 bits per heavy atom. The van der Waals surface area contributed by atoms with Crippen LogP contribution in [0.2, 0.25) is 0 Å². The average molecular weight is 430 g/mol. The summed E-state index contributed by atoms with van der Waals surface area (Å²) in [6.07, 6.45) is 5.05. The highest BCUT2D eigenvalue weighted by Gasteiger charge is 2.15. The SMILES string of the molecule is CCNC(=O)c1ccc(CNC(=NC)NC2CCCC2)cc1.I. The third-order valence-electron chi connectivity index (χ3n) is 3.93. The Hall–Kier alpha value is -1.31. The number of hydrogen-bond acceptors (Lipinski definition) is 2. The van der Waals surface area contributed by atoms with Crippen molar-refractivity contribution in [3.05, 3.63) is 35.4 Å². The fourth-order valence-corrected chi connectivity index (χ4v) is 2.68. The van der Waals surface area contributed by atoms with Crippen molar-refractivity contribution in [3.63, 3.8) is 0 Å². The number of carbonyl (C=O) groups is 1. The van der Waals surface area contributed by atoms with Crippen LogP contribution in [-0.4, -0.2) is 31.5 Å². The molecule has 1 aliphatic carbocycles. The molecular formula is C17H27IN4O. The van der Waals surface area contributed by atoms with Crippen LogP contribution in [0.3, 0.4) is 0 Å². The molecule has 128 valence electrons. The zero-order valence-electron chi connectivity index (χ0n) is 13.9. The molecule has 0 radical (unpaired) electrons. The molecule has 0 heterocycles. The topological polar surface area (TPSA) is 65.5 Å². The lowest BCUT2D eigenvalue weighted by Crippen LogP contribution is -2.41. The van der Waals surface area contributed by atoms with Gasteiger partial charge in [-0.25, -0.2) is 0 Å². The number of aliphatic imine (C=N–C) groups is 1. The van der Waals surface area contributed by atoms with Crippen molar-refractivity contribution in [1.82, 2.24) is 16.0 Å². The number of guanidine groups is 1. The van der Waals surface area contributed by atoms with Crippen LogP contribution in [-0.2, 0) is 6.54 Å². The van der Waals surface area contributed by atoms with Crippen LogP contribution in [0.15, 0.2) is 29.3 Å². The van der Waals surface area contributed by atoms with E-state index in [1.54, 1.807) is 7.05 Å². The first-order valence-electron chi connectivity index (χ1n) is 8.07. The van der Waals surface area contributed by atoms with E-state index in [0.29, 0.717) is 24.7 Å². The van der Waals surface area contributed by atoms with Gasteiger partial charge in [0.1, 0.15) is 0 Å². The van der Waals surface area contributed by atoms with E-state index in [2.05, 4.69) is 20.9 Å². The second-order valence-corrected chi connectivity index (χ2v) is 5.61. The third kappa shape index (κ3) is 6.37. The van der Waals surface area contributed by atoms with E-state index in [1.807, 2.05) is 31.2 Å². The standard InChI is InChI=1S/C17H26N4O.HI/c1-3-19-16(22)14-10-8-13(9-11-14)12-20-17(18-2)21-15-6-4-5-7-15;/h8-11,15H,3-7,12H2,1-2H3,(H,19,22)(H2,18,20,21);1H. The van der Waals surface area contributed by atoms with E-state index in [-0.39, 0.29) is 29.9 Å². The Labute approximate surface area is 155 Å². The van der Waals surface area contributed by atoms with Gasteiger partial charge in [0.25, 0.3) is 5.91 Å². The predicted molar refractivity (Wildman–Crippen MR) is 105 cm³/mol. The van der Waals surface area contributed by atoms with E-state index >= 15 is 0 Å². The minimum Gasteiger partial charge on any atom is -0.354 e. The molecule has 3 N–H and O–H groups in total. The van der Waals surface area contributed by atoms with Crippen LogP contribution in [0.25, 0.3) is 0 Å². The summed E-state index contributed by atoms with van der Waals surface area (Å²) in [5.41, 5.74) is 1.82. The van der Waals surface area contributed by atoms with E-state index in [1.165, 1.54) is 25.7 Å². The summed E-state index contributed by atoms with van der Waals surface area (Å²) in [7, 11) is 1.79. The molecule has 0 atom stereocenters. The number of rotatable bonds is 5. The quantitative estimate of drug-likeness (QED) is 0.383. The smallest absolute Gasteiger partial charge is 0.251 e. The zero-order valence-corrected chi connectivity index (χ0v) is 16.2. The van der Waals surface area contributed by atoms with Crippen LogP contribution in [0.1, 0.15) is 48.5 Å². The lowest BCUT2D eigenvalue weighted by atomic mass is 10.1. The van der Waals surface area contributed by atoms with Crippen molar-refractivity contribution in [3.8, 4) is 0 Å². The zero-order chi connectivity index (χ0) is 15.8. The minimum atomic E-state index is -0.0271. The van der Waals surface area contributed by atoms with E-state index in [4.69, 9.17) is 0 Å². The molecule has 0 unspecified atom stereocenters. The maximum absolute atomic E-state index is 11.7. The van der Waals surface area contributed by atoms with E-state index in [0.717, 1.165) is 11.5 Å². The van der Waals surface area contributed by atoms with Gasteiger partial charge in [0.15, 0.2) is 5.96 Å². The molecule has 23 heavy (non-hydrogen) atoms. The number of nitrogens with one attached hydrogen (secondary N) is 3. The van der Waals surface area contributed by atoms with Crippen LogP contribution < -0.4 is 16.0 Å². The van der Waals surface area contributed by atoms with E-state index in [9.17, 15) is 4.79 Å². The second kappa shape index (κ2) is 10.5. The highest BCUT2D eigenvalue weighted by atomic mass is 127. The first-order chi connectivity index (χ1) is 10.7. The molecular weight excluding hydrogens is 403 g/mol. The van der Waals surface area contributed by atoms with Crippen molar-refractivity contribution >= 4 is 35.8 Å². The molecule has 0 aliphatic heterocycles. The Balaban J connectivity index is 0.00000264. The van der Waals surface area contributed by atoms with Gasteiger partial charge in [-0.2, -0.15) is 0 Å². The summed E-state index contributed by atoms with van der Waals surface area (Å²) in [5, 5.41) is 9.58. The van der Waals surface area contributed by atoms with Gasteiger partial charge < -0.3 is 16.0 Å². The highest BCUT2D eigenvalue weighted by Crippen LogP contribution is 2.17. The summed E-state index contributed by atoms with van der Waals surface area (Å²) < 4.78 is 0. The lowest BCUT2D eigenvalue weighted by Gasteiger charge is -2.17. The number of amides is 1. The Morgan fingerprint density at radius 2 is 1.83 bits per heavy atom. The molecule has 0 saturated heterocycles. The van der Waals surface area contributed by atoms with Crippen molar-refractivity contribution in [2.24, 2.45) is 4.99 Å². The number of halogens is 1. The van der Waals surface area contributed by atoms with Gasteiger partial charge in [0.2, 0.25) is 0 Å². The van der Waals surface area contributed by atoms with Crippen molar-refractivity contribution in [2.45, 2.75) is 45.2 Å². The molecule has 2 rings (SSSR count). The molecule has 1 aromatic carbocycles. The van der Waals surface area contributed by atoms with Crippen molar-refractivity contribution in [1.29, 1.82) is 0 Å².